The number of nitrogens with zero attached hydrogens (tertiary/aromatic N) is 3. The molecule has 6 nitrogen and oxygen atoms in total. The maximum atomic E-state index is 11.1. The quantitative estimate of drug-likeness (QED) is 0.782. The van der Waals surface area contributed by atoms with Gasteiger partial charge in [0.25, 0.3) is 5.91 Å². The maximum absolute atomic E-state index is 11.1. The smallest absolute Gasteiger partial charge is 0.269 e. The first-order valence-electron chi connectivity index (χ1n) is 6.75. The summed E-state index contributed by atoms with van der Waals surface area (Å²) in [5.74, 6) is -0.590. The Bertz CT molecular complexity index is 684. The molecule has 0 saturated heterocycles. The largest absolute Gasteiger partial charge is 0.364 e. The van der Waals surface area contributed by atoms with E-state index in [1.807, 2.05) is 18.2 Å². The number of amides is 1. The van der Waals surface area contributed by atoms with Crippen LogP contribution in [0.1, 0.15) is 35.0 Å². The van der Waals surface area contributed by atoms with Gasteiger partial charge in [0, 0.05) is 12.7 Å². The summed E-state index contributed by atoms with van der Waals surface area (Å²) >= 11 is 0. The van der Waals surface area contributed by atoms with Gasteiger partial charge in [0.2, 0.25) is 0 Å². The third kappa shape index (κ3) is 3.46. The van der Waals surface area contributed by atoms with Crippen LogP contribution in [-0.4, -0.2) is 22.2 Å². The fourth-order valence-corrected chi connectivity index (χ4v) is 1.98. The Hall–Kier alpha value is -2.65. The lowest BCUT2D eigenvalue weighted by Crippen LogP contribution is -2.14. The standard InChI is InChI=1S/C15H17N5O/c1-2-6-18-10-11-3-4-14(12(8-11)9-16)20-7-5-13(19-20)15(17)21/h3-5,7-8,18H,2,6,10H2,1H3,(H2,17,21). The Morgan fingerprint density at radius 1 is 1.48 bits per heavy atom. The van der Waals surface area contributed by atoms with Gasteiger partial charge < -0.3 is 11.1 Å². The summed E-state index contributed by atoms with van der Waals surface area (Å²) in [6.45, 7) is 3.75. The lowest BCUT2D eigenvalue weighted by molar-refractivity contribution is 0.0995. The van der Waals surface area contributed by atoms with Crippen molar-refractivity contribution in [2.45, 2.75) is 19.9 Å². The van der Waals surface area contributed by atoms with Crippen LogP contribution in [-0.2, 0) is 6.54 Å². The van der Waals surface area contributed by atoms with E-state index >= 15 is 0 Å². The molecule has 0 fully saturated rings. The van der Waals surface area contributed by atoms with Gasteiger partial charge in [0.1, 0.15) is 11.8 Å². The van der Waals surface area contributed by atoms with E-state index in [0.29, 0.717) is 17.8 Å². The number of carbonyl (C=O) groups excluding carboxylic acids is 1. The Balaban J connectivity index is 2.27. The van der Waals surface area contributed by atoms with E-state index in [0.717, 1.165) is 18.5 Å². The van der Waals surface area contributed by atoms with Crippen molar-refractivity contribution in [3.05, 3.63) is 47.3 Å². The van der Waals surface area contributed by atoms with Gasteiger partial charge in [-0.25, -0.2) is 4.68 Å². The molecule has 0 aliphatic heterocycles. The molecule has 0 bridgehead atoms. The number of hydrogen-bond donors (Lipinski definition) is 2. The van der Waals surface area contributed by atoms with Gasteiger partial charge in [-0.3, -0.25) is 4.79 Å². The molecule has 2 aromatic rings. The molecule has 1 aromatic carbocycles. The SMILES string of the molecule is CCCNCc1ccc(-n2ccc(C(N)=O)n2)c(C#N)c1. The monoisotopic (exact) mass is 283 g/mol. The summed E-state index contributed by atoms with van der Waals surface area (Å²) in [5.41, 5.74) is 7.52. The van der Waals surface area contributed by atoms with E-state index in [-0.39, 0.29) is 5.69 Å². The second-order valence-corrected chi connectivity index (χ2v) is 4.65. The zero-order valence-electron chi connectivity index (χ0n) is 11.8. The third-order valence-electron chi connectivity index (χ3n) is 3.03. The molecule has 0 atom stereocenters. The lowest BCUT2D eigenvalue weighted by atomic mass is 10.1. The van der Waals surface area contributed by atoms with Crippen molar-refractivity contribution in [1.29, 1.82) is 5.26 Å². The second-order valence-electron chi connectivity index (χ2n) is 4.65. The molecule has 3 N–H and O–H groups in total. The molecule has 21 heavy (non-hydrogen) atoms. The topological polar surface area (TPSA) is 96.7 Å². The van der Waals surface area contributed by atoms with Crippen molar-refractivity contribution in [2.75, 3.05) is 6.54 Å². The van der Waals surface area contributed by atoms with Crippen LogP contribution in [0.25, 0.3) is 5.69 Å². The fraction of sp³-hybridized carbons (Fsp3) is 0.267. The van der Waals surface area contributed by atoms with Gasteiger partial charge in [-0.1, -0.05) is 13.0 Å². The van der Waals surface area contributed by atoms with Gasteiger partial charge in [-0.05, 0) is 36.7 Å². The predicted octanol–water partition coefficient (Wildman–Crippen LogP) is 1.34. The number of carbonyl (C=O) groups is 1. The molecule has 6 heteroatoms. The minimum atomic E-state index is -0.590. The van der Waals surface area contributed by atoms with Crippen LogP contribution in [0.4, 0.5) is 0 Å². The molecule has 2 rings (SSSR count). The zero-order valence-corrected chi connectivity index (χ0v) is 11.8. The van der Waals surface area contributed by atoms with E-state index in [1.165, 1.54) is 10.7 Å². The molecule has 1 aromatic heterocycles. The molecule has 0 aliphatic rings. The van der Waals surface area contributed by atoms with Gasteiger partial charge in [0.05, 0.1) is 11.3 Å². The van der Waals surface area contributed by atoms with Crippen LogP contribution in [0.3, 0.4) is 0 Å². The van der Waals surface area contributed by atoms with Crippen molar-refractivity contribution in [2.24, 2.45) is 5.73 Å². The van der Waals surface area contributed by atoms with Crippen molar-refractivity contribution >= 4 is 5.91 Å². The third-order valence-corrected chi connectivity index (χ3v) is 3.03. The Kier molecular flexibility index (Phi) is 4.69. The number of benzene rings is 1. The second kappa shape index (κ2) is 6.68. The summed E-state index contributed by atoms with van der Waals surface area (Å²) in [7, 11) is 0. The van der Waals surface area contributed by atoms with Crippen molar-refractivity contribution < 1.29 is 4.79 Å². The van der Waals surface area contributed by atoms with Gasteiger partial charge in [-0.15, -0.1) is 0 Å². The van der Waals surface area contributed by atoms with Crippen LogP contribution in [0, 0.1) is 11.3 Å². The number of aromatic nitrogens is 2. The highest BCUT2D eigenvalue weighted by Gasteiger charge is 2.10. The first kappa shape index (κ1) is 14.8. The van der Waals surface area contributed by atoms with E-state index < -0.39 is 5.91 Å². The predicted molar refractivity (Wildman–Crippen MR) is 78.8 cm³/mol. The van der Waals surface area contributed by atoms with Gasteiger partial charge in [-0.2, -0.15) is 10.4 Å². The van der Waals surface area contributed by atoms with E-state index in [9.17, 15) is 10.1 Å². The number of nitriles is 1. The molecule has 0 saturated carbocycles. The normalized spacial score (nSPS) is 10.3. The molecule has 1 heterocycles. The van der Waals surface area contributed by atoms with Crippen LogP contribution < -0.4 is 11.1 Å². The highest BCUT2D eigenvalue weighted by Crippen LogP contribution is 2.16. The minimum Gasteiger partial charge on any atom is -0.364 e. The average molecular weight is 283 g/mol. The maximum Gasteiger partial charge on any atom is 0.269 e. The highest BCUT2D eigenvalue weighted by molar-refractivity contribution is 5.90. The Labute approximate surface area is 123 Å². The van der Waals surface area contributed by atoms with Crippen LogP contribution in [0.5, 0.6) is 0 Å². The molecular formula is C15H17N5O. The Morgan fingerprint density at radius 2 is 2.29 bits per heavy atom. The summed E-state index contributed by atoms with van der Waals surface area (Å²) in [6, 6.07) is 9.26. The zero-order chi connectivity index (χ0) is 15.2. The molecule has 0 unspecified atom stereocenters. The molecule has 1 amide bonds. The van der Waals surface area contributed by atoms with E-state index in [1.54, 1.807) is 6.20 Å². The van der Waals surface area contributed by atoms with Crippen LogP contribution in [0.2, 0.25) is 0 Å². The summed E-state index contributed by atoms with van der Waals surface area (Å²) in [4.78, 5) is 11.1. The molecule has 108 valence electrons. The first-order chi connectivity index (χ1) is 10.2. The van der Waals surface area contributed by atoms with E-state index in [2.05, 4.69) is 23.4 Å². The van der Waals surface area contributed by atoms with Crippen molar-refractivity contribution in [1.82, 2.24) is 15.1 Å². The lowest BCUT2D eigenvalue weighted by Gasteiger charge is -2.08. The molecular weight excluding hydrogens is 266 g/mol. The van der Waals surface area contributed by atoms with Crippen LogP contribution >= 0.6 is 0 Å². The summed E-state index contributed by atoms with van der Waals surface area (Å²) < 4.78 is 1.49. The van der Waals surface area contributed by atoms with Crippen molar-refractivity contribution in [3.63, 3.8) is 0 Å². The average Bonchev–Trinajstić information content (AvgIpc) is 2.97. The molecule has 0 radical (unpaired) electrons. The number of nitrogens with two attached hydrogens (primary N) is 1. The van der Waals surface area contributed by atoms with Crippen molar-refractivity contribution in [3.8, 4) is 11.8 Å². The summed E-state index contributed by atoms with van der Waals surface area (Å²) in [5, 5.41) is 16.6. The number of nitrogens with one attached hydrogen (secondary N) is 1. The molecule has 0 aliphatic carbocycles. The summed E-state index contributed by atoms with van der Waals surface area (Å²) in [6.07, 6.45) is 2.68. The number of rotatable bonds is 6. The number of primary amides is 1. The molecule has 0 spiro atoms. The minimum absolute atomic E-state index is 0.174. The Morgan fingerprint density at radius 3 is 2.90 bits per heavy atom. The van der Waals surface area contributed by atoms with E-state index in [4.69, 9.17) is 5.73 Å². The van der Waals surface area contributed by atoms with Crippen LogP contribution in [0.15, 0.2) is 30.5 Å². The number of hydrogen-bond acceptors (Lipinski definition) is 4. The first-order valence-corrected chi connectivity index (χ1v) is 6.75. The highest BCUT2D eigenvalue weighted by atomic mass is 16.1. The fourth-order valence-electron chi connectivity index (χ4n) is 1.98. The van der Waals surface area contributed by atoms with Gasteiger partial charge >= 0.3 is 0 Å². The van der Waals surface area contributed by atoms with Gasteiger partial charge in [0.15, 0.2) is 0 Å².